The van der Waals surface area contributed by atoms with Crippen molar-refractivity contribution in [2.75, 3.05) is 32.7 Å². The number of methoxy groups -OCH3 is 2. The molecule has 2 aromatic rings. The van der Waals surface area contributed by atoms with Gasteiger partial charge in [0.05, 0.1) is 31.5 Å². The Labute approximate surface area is 157 Å². The van der Waals surface area contributed by atoms with Crippen molar-refractivity contribution in [3.05, 3.63) is 47.5 Å². The van der Waals surface area contributed by atoms with Gasteiger partial charge in [0.15, 0.2) is 11.5 Å². The van der Waals surface area contributed by atoms with Gasteiger partial charge in [0.2, 0.25) is 0 Å². The fraction of sp³-hybridized carbons (Fsp3) is 0.211. The summed E-state index contributed by atoms with van der Waals surface area (Å²) in [6.45, 7) is 0.348. The number of benzene rings is 2. The zero-order valence-electron chi connectivity index (χ0n) is 14.5. The van der Waals surface area contributed by atoms with Gasteiger partial charge >= 0.3 is 6.03 Å². The van der Waals surface area contributed by atoms with E-state index in [1.807, 2.05) is 12.1 Å². The molecule has 0 saturated heterocycles. The molecule has 0 saturated carbocycles. The summed E-state index contributed by atoms with van der Waals surface area (Å²) in [6.07, 6.45) is 0. The summed E-state index contributed by atoms with van der Waals surface area (Å²) < 4.78 is 15.9. The van der Waals surface area contributed by atoms with Crippen LogP contribution in [0.4, 0.5) is 10.5 Å². The lowest BCUT2D eigenvalue weighted by Crippen LogP contribution is -2.29. The molecular weight excluding hydrogens is 356 g/mol. The third-order valence-electron chi connectivity index (χ3n) is 3.25. The number of carbonyl (C=O) groups excluding carboxylic acids is 1. The molecule has 0 atom stereocenters. The van der Waals surface area contributed by atoms with E-state index in [0.29, 0.717) is 28.0 Å². The molecule has 0 radical (unpaired) electrons. The van der Waals surface area contributed by atoms with Gasteiger partial charge in [0, 0.05) is 0 Å². The number of halogens is 1. The SMILES string of the molecule is COc1cccc(NC(=O)NCC#CCOc2ccccc2Cl)c1OC. The topological polar surface area (TPSA) is 68.8 Å². The van der Waals surface area contributed by atoms with Crippen molar-refractivity contribution >= 4 is 23.3 Å². The number of hydrogen-bond acceptors (Lipinski definition) is 4. The molecule has 0 aliphatic carbocycles. The highest BCUT2D eigenvalue weighted by Crippen LogP contribution is 2.34. The van der Waals surface area contributed by atoms with Gasteiger partial charge in [-0.3, -0.25) is 0 Å². The summed E-state index contributed by atoms with van der Waals surface area (Å²) in [5.74, 6) is 7.15. The second kappa shape index (κ2) is 10.1. The van der Waals surface area contributed by atoms with E-state index in [1.54, 1.807) is 30.3 Å². The van der Waals surface area contributed by atoms with Gasteiger partial charge in [-0.25, -0.2) is 4.79 Å². The van der Waals surface area contributed by atoms with Crippen molar-refractivity contribution in [3.63, 3.8) is 0 Å². The van der Waals surface area contributed by atoms with Gasteiger partial charge < -0.3 is 24.8 Å². The van der Waals surface area contributed by atoms with Crippen LogP contribution in [0, 0.1) is 11.8 Å². The van der Waals surface area contributed by atoms with Gasteiger partial charge in [-0.15, -0.1) is 0 Å². The number of nitrogens with one attached hydrogen (secondary N) is 2. The number of ether oxygens (including phenoxy) is 3. The average molecular weight is 375 g/mol. The summed E-state index contributed by atoms with van der Waals surface area (Å²) in [5.41, 5.74) is 0.499. The zero-order chi connectivity index (χ0) is 18.8. The number of urea groups is 1. The van der Waals surface area contributed by atoms with Gasteiger partial charge in [0.25, 0.3) is 0 Å². The van der Waals surface area contributed by atoms with Crippen LogP contribution in [0.1, 0.15) is 0 Å². The highest BCUT2D eigenvalue weighted by molar-refractivity contribution is 6.32. The van der Waals surface area contributed by atoms with Crippen molar-refractivity contribution in [1.82, 2.24) is 5.32 Å². The van der Waals surface area contributed by atoms with Crippen molar-refractivity contribution < 1.29 is 19.0 Å². The highest BCUT2D eigenvalue weighted by atomic mass is 35.5. The third-order valence-corrected chi connectivity index (χ3v) is 3.56. The fourth-order valence-electron chi connectivity index (χ4n) is 2.07. The number of rotatable bonds is 6. The van der Waals surface area contributed by atoms with E-state index in [-0.39, 0.29) is 13.2 Å². The Morgan fingerprint density at radius 1 is 1.04 bits per heavy atom. The molecule has 0 heterocycles. The number of amides is 2. The van der Waals surface area contributed by atoms with E-state index in [9.17, 15) is 4.79 Å². The van der Waals surface area contributed by atoms with Crippen LogP contribution in [0.3, 0.4) is 0 Å². The number of anilines is 1. The molecule has 0 aliphatic heterocycles. The molecule has 6 nitrogen and oxygen atoms in total. The minimum Gasteiger partial charge on any atom is -0.493 e. The molecule has 26 heavy (non-hydrogen) atoms. The lowest BCUT2D eigenvalue weighted by atomic mass is 10.2. The first-order valence-electron chi connectivity index (χ1n) is 7.74. The minimum atomic E-state index is -0.405. The van der Waals surface area contributed by atoms with Gasteiger partial charge in [-0.05, 0) is 24.3 Å². The van der Waals surface area contributed by atoms with Crippen LogP contribution in [0.5, 0.6) is 17.2 Å². The molecule has 0 aliphatic rings. The van der Waals surface area contributed by atoms with E-state index in [4.69, 9.17) is 25.8 Å². The molecule has 2 rings (SSSR count). The first-order valence-corrected chi connectivity index (χ1v) is 8.12. The second-order valence-corrected chi connectivity index (χ2v) is 5.33. The third kappa shape index (κ3) is 5.50. The molecule has 7 heteroatoms. The van der Waals surface area contributed by atoms with Crippen LogP contribution >= 0.6 is 11.6 Å². The molecule has 136 valence electrons. The Balaban J connectivity index is 1.79. The number of carbonyl (C=O) groups is 1. The van der Waals surface area contributed by atoms with Crippen LogP contribution in [-0.4, -0.2) is 33.4 Å². The predicted molar refractivity (Wildman–Crippen MR) is 101 cm³/mol. The quantitative estimate of drug-likeness (QED) is 0.758. The van der Waals surface area contributed by atoms with E-state index >= 15 is 0 Å². The highest BCUT2D eigenvalue weighted by Gasteiger charge is 2.11. The van der Waals surface area contributed by atoms with E-state index in [1.165, 1.54) is 14.2 Å². The standard InChI is InChI=1S/C19H19ClN2O4/c1-24-17-11-7-9-15(18(17)25-2)22-19(23)21-12-5-6-13-26-16-10-4-3-8-14(16)20/h3-4,7-11H,12-13H2,1-2H3,(H2,21,22,23). The van der Waals surface area contributed by atoms with E-state index in [0.717, 1.165) is 0 Å². The summed E-state index contributed by atoms with van der Waals surface area (Å²) in [4.78, 5) is 11.9. The van der Waals surface area contributed by atoms with Crippen molar-refractivity contribution in [1.29, 1.82) is 0 Å². The molecule has 2 amide bonds. The van der Waals surface area contributed by atoms with Crippen LogP contribution < -0.4 is 24.8 Å². The monoisotopic (exact) mass is 374 g/mol. The summed E-state index contributed by atoms with van der Waals surface area (Å²) in [6, 6.07) is 12.0. The van der Waals surface area contributed by atoms with Crippen LogP contribution in [0.25, 0.3) is 0 Å². The van der Waals surface area contributed by atoms with Gasteiger partial charge in [-0.1, -0.05) is 41.6 Å². The number of hydrogen-bond donors (Lipinski definition) is 2. The zero-order valence-corrected chi connectivity index (χ0v) is 15.2. The molecule has 0 bridgehead atoms. The summed E-state index contributed by atoms with van der Waals surface area (Å²) in [7, 11) is 3.04. The Hall–Kier alpha value is -3.04. The second-order valence-electron chi connectivity index (χ2n) is 4.92. The van der Waals surface area contributed by atoms with Gasteiger partial charge in [0.1, 0.15) is 12.4 Å². The Kier molecular flexibility index (Phi) is 7.47. The normalized spacial score (nSPS) is 9.50. The minimum absolute atomic E-state index is 0.171. The lowest BCUT2D eigenvalue weighted by molar-refractivity contribution is 0.253. The Morgan fingerprint density at radius 2 is 1.81 bits per heavy atom. The summed E-state index contributed by atoms with van der Waals surface area (Å²) >= 11 is 5.97. The molecule has 2 aromatic carbocycles. The Morgan fingerprint density at radius 3 is 2.54 bits per heavy atom. The molecule has 0 spiro atoms. The maximum Gasteiger partial charge on any atom is 0.320 e. The fourth-order valence-corrected chi connectivity index (χ4v) is 2.26. The largest absolute Gasteiger partial charge is 0.493 e. The number of para-hydroxylation sites is 2. The molecular formula is C19H19ClN2O4. The van der Waals surface area contributed by atoms with Gasteiger partial charge in [-0.2, -0.15) is 0 Å². The maximum atomic E-state index is 11.9. The Bertz CT molecular complexity index is 815. The van der Waals surface area contributed by atoms with Crippen LogP contribution in [0.15, 0.2) is 42.5 Å². The molecule has 0 fully saturated rings. The average Bonchev–Trinajstić information content (AvgIpc) is 2.65. The molecule has 0 unspecified atom stereocenters. The molecule has 0 aromatic heterocycles. The van der Waals surface area contributed by atoms with Crippen molar-refractivity contribution in [2.24, 2.45) is 0 Å². The maximum absolute atomic E-state index is 11.9. The van der Waals surface area contributed by atoms with E-state index in [2.05, 4.69) is 22.5 Å². The van der Waals surface area contributed by atoms with E-state index < -0.39 is 6.03 Å². The smallest absolute Gasteiger partial charge is 0.320 e. The first-order chi connectivity index (χ1) is 12.7. The first kappa shape index (κ1) is 19.3. The lowest BCUT2D eigenvalue weighted by Gasteiger charge is -2.13. The van der Waals surface area contributed by atoms with Crippen LogP contribution in [-0.2, 0) is 0 Å². The summed E-state index contributed by atoms with van der Waals surface area (Å²) in [5, 5.41) is 5.84. The van der Waals surface area contributed by atoms with Crippen molar-refractivity contribution in [2.45, 2.75) is 0 Å². The predicted octanol–water partition coefficient (Wildman–Crippen LogP) is 3.56. The van der Waals surface area contributed by atoms with Crippen molar-refractivity contribution in [3.8, 4) is 29.1 Å². The van der Waals surface area contributed by atoms with Crippen LogP contribution in [0.2, 0.25) is 5.02 Å². The molecule has 2 N–H and O–H groups in total.